The molecule has 94 valence electrons. The van der Waals surface area contributed by atoms with E-state index in [0.717, 1.165) is 19.6 Å². The molecule has 1 saturated heterocycles. The summed E-state index contributed by atoms with van der Waals surface area (Å²) in [4.78, 5) is 2.57. The molecular formula is C15H24N2. The van der Waals surface area contributed by atoms with Gasteiger partial charge in [0.2, 0.25) is 0 Å². The summed E-state index contributed by atoms with van der Waals surface area (Å²) >= 11 is 0. The molecule has 0 radical (unpaired) electrons. The van der Waals surface area contributed by atoms with E-state index >= 15 is 0 Å². The van der Waals surface area contributed by atoms with Crippen LogP contribution < -0.4 is 5.32 Å². The van der Waals surface area contributed by atoms with Gasteiger partial charge in [-0.2, -0.15) is 0 Å². The molecule has 1 unspecified atom stereocenters. The van der Waals surface area contributed by atoms with Crippen molar-refractivity contribution in [3.05, 3.63) is 35.4 Å². The maximum atomic E-state index is 3.59. The van der Waals surface area contributed by atoms with Crippen LogP contribution in [0.4, 0.5) is 0 Å². The van der Waals surface area contributed by atoms with Gasteiger partial charge in [-0.3, -0.25) is 4.90 Å². The van der Waals surface area contributed by atoms with Gasteiger partial charge in [-0.1, -0.05) is 29.8 Å². The number of nitrogens with one attached hydrogen (secondary N) is 1. The minimum atomic E-state index is 0.232. The molecule has 2 nitrogen and oxygen atoms in total. The second kappa shape index (κ2) is 4.79. The van der Waals surface area contributed by atoms with Crippen molar-refractivity contribution in [2.24, 2.45) is 0 Å². The summed E-state index contributed by atoms with van der Waals surface area (Å²) in [5, 5.41) is 3.59. The maximum Gasteiger partial charge on any atom is 0.0253 e. The number of rotatable bonds is 2. The molecule has 0 spiro atoms. The van der Waals surface area contributed by atoms with Gasteiger partial charge in [-0.05, 0) is 33.3 Å². The number of nitrogens with zero attached hydrogens (tertiary/aromatic N) is 1. The lowest BCUT2D eigenvalue weighted by Crippen LogP contribution is -2.60. The molecule has 0 amide bonds. The van der Waals surface area contributed by atoms with E-state index in [-0.39, 0.29) is 5.54 Å². The molecule has 1 atom stereocenters. The van der Waals surface area contributed by atoms with Crippen molar-refractivity contribution in [3.8, 4) is 0 Å². The van der Waals surface area contributed by atoms with E-state index in [4.69, 9.17) is 0 Å². The first-order valence-electron chi connectivity index (χ1n) is 6.51. The summed E-state index contributed by atoms with van der Waals surface area (Å²) in [6.45, 7) is 12.3. The summed E-state index contributed by atoms with van der Waals surface area (Å²) < 4.78 is 0. The summed E-state index contributed by atoms with van der Waals surface area (Å²) in [5.41, 5.74) is 3.01. The summed E-state index contributed by atoms with van der Waals surface area (Å²) in [6.07, 6.45) is 0. The Labute approximate surface area is 105 Å². The molecule has 1 heterocycles. The second-order valence-electron chi connectivity index (χ2n) is 6.01. The van der Waals surface area contributed by atoms with Crippen molar-refractivity contribution in [2.45, 2.75) is 45.8 Å². The second-order valence-corrected chi connectivity index (χ2v) is 6.01. The van der Waals surface area contributed by atoms with Crippen molar-refractivity contribution in [1.29, 1.82) is 0 Å². The summed E-state index contributed by atoms with van der Waals surface area (Å²) in [6, 6.07) is 9.46. The van der Waals surface area contributed by atoms with E-state index in [2.05, 4.69) is 62.2 Å². The fourth-order valence-corrected chi connectivity index (χ4v) is 2.53. The van der Waals surface area contributed by atoms with Crippen LogP contribution >= 0.6 is 0 Å². The molecule has 0 aromatic heterocycles. The van der Waals surface area contributed by atoms with Crippen LogP contribution in [0.5, 0.6) is 0 Å². The Hall–Kier alpha value is -0.860. The lowest BCUT2D eigenvalue weighted by Gasteiger charge is -2.43. The van der Waals surface area contributed by atoms with Crippen LogP contribution in [0.25, 0.3) is 0 Å². The molecule has 0 aliphatic carbocycles. The first-order valence-corrected chi connectivity index (χ1v) is 6.51. The van der Waals surface area contributed by atoms with E-state index in [0.29, 0.717) is 6.04 Å². The smallest absolute Gasteiger partial charge is 0.0253 e. The predicted octanol–water partition coefficient (Wildman–Crippen LogP) is 2.57. The molecule has 0 saturated carbocycles. The zero-order valence-electron chi connectivity index (χ0n) is 11.5. The zero-order chi connectivity index (χ0) is 12.5. The average molecular weight is 232 g/mol. The van der Waals surface area contributed by atoms with Gasteiger partial charge in [-0.15, -0.1) is 0 Å². The van der Waals surface area contributed by atoms with Crippen LogP contribution in [0.2, 0.25) is 0 Å². The molecule has 1 fully saturated rings. The lowest BCUT2D eigenvalue weighted by molar-refractivity contribution is 0.0977. The van der Waals surface area contributed by atoms with Gasteiger partial charge in [0, 0.05) is 31.2 Å². The third kappa shape index (κ3) is 3.30. The minimum Gasteiger partial charge on any atom is -0.309 e. The Morgan fingerprint density at radius 2 is 2.18 bits per heavy atom. The number of piperazine rings is 1. The van der Waals surface area contributed by atoms with Crippen molar-refractivity contribution < 1.29 is 0 Å². The molecular weight excluding hydrogens is 208 g/mol. The SMILES string of the molecule is Cc1cccc(CN2CC(C)(C)NCC2C)c1. The van der Waals surface area contributed by atoms with Crippen molar-refractivity contribution in [3.63, 3.8) is 0 Å². The summed E-state index contributed by atoms with van der Waals surface area (Å²) in [5.74, 6) is 0. The quantitative estimate of drug-likeness (QED) is 0.843. The molecule has 1 aliphatic heterocycles. The predicted molar refractivity (Wildman–Crippen MR) is 73.1 cm³/mol. The minimum absolute atomic E-state index is 0.232. The van der Waals surface area contributed by atoms with Gasteiger partial charge in [0.1, 0.15) is 0 Å². The third-order valence-electron chi connectivity index (χ3n) is 3.57. The van der Waals surface area contributed by atoms with Gasteiger partial charge in [0.25, 0.3) is 0 Å². The largest absolute Gasteiger partial charge is 0.309 e. The van der Waals surface area contributed by atoms with Crippen molar-refractivity contribution in [1.82, 2.24) is 10.2 Å². The Kier molecular flexibility index (Phi) is 3.55. The fourth-order valence-electron chi connectivity index (χ4n) is 2.53. The molecule has 0 bridgehead atoms. The van der Waals surface area contributed by atoms with Crippen LogP contribution in [0, 0.1) is 6.92 Å². The number of hydrogen-bond acceptors (Lipinski definition) is 2. The van der Waals surface area contributed by atoms with E-state index in [9.17, 15) is 0 Å². The Bertz CT molecular complexity index is 384. The normalized spacial score (nSPS) is 24.8. The Morgan fingerprint density at radius 1 is 1.41 bits per heavy atom. The summed E-state index contributed by atoms with van der Waals surface area (Å²) in [7, 11) is 0. The van der Waals surface area contributed by atoms with Crippen LogP contribution in [0.3, 0.4) is 0 Å². The molecule has 2 heteroatoms. The molecule has 1 aromatic carbocycles. The average Bonchev–Trinajstić information content (AvgIpc) is 2.23. The Morgan fingerprint density at radius 3 is 2.88 bits per heavy atom. The Balaban J connectivity index is 2.06. The number of hydrogen-bond donors (Lipinski definition) is 1. The van der Waals surface area contributed by atoms with Gasteiger partial charge in [0.05, 0.1) is 0 Å². The number of aryl methyl sites for hydroxylation is 1. The highest BCUT2D eigenvalue weighted by Crippen LogP contribution is 2.18. The fraction of sp³-hybridized carbons (Fsp3) is 0.600. The third-order valence-corrected chi connectivity index (χ3v) is 3.57. The highest BCUT2D eigenvalue weighted by Gasteiger charge is 2.29. The molecule has 2 rings (SSSR count). The van der Waals surface area contributed by atoms with E-state index in [1.54, 1.807) is 0 Å². The number of benzene rings is 1. The maximum absolute atomic E-state index is 3.59. The van der Waals surface area contributed by atoms with Crippen LogP contribution in [0.1, 0.15) is 31.9 Å². The van der Waals surface area contributed by atoms with Crippen molar-refractivity contribution >= 4 is 0 Å². The van der Waals surface area contributed by atoms with Gasteiger partial charge in [-0.25, -0.2) is 0 Å². The lowest BCUT2D eigenvalue weighted by atomic mass is 9.98. The monoisotopic (exact) mass is 232 g/mol. The van der Waals surface area contributed by atoms with Gasteiger partial charge < -0.3 is 5.32 Å². The van der Waals surface area contributed by atoms with Crippen LogP contribution in [0.15, 0.2) is 24.3 Å². The van der Waals surface area contributed by atoms with Gasteiger partial charge >= 0.3 is 0 Å². The van der Waals surface area contributed by atoms with Crippen molar-refractivity contribution in [2.75, 3.05) is 13.1 Å². The van der Waals surface area contributed by atoms with E-state index in [1.807, 2.05) is 0 Å². The highest BCUT2D eigenvalue weighted by molar-refractivity contribution is 5.22. The van der Waals surface area contributed by atoms with Gasteiger partial charge in [0.15, 0.2) is 0 Å². The van der Waals surface area contributed by atoms with E-state index in [1.165, 1.54) is 11.1 Å². The highest BCUT2D eigenvalue weighted by atomic mass is 15.2. The topological polar surface area (TPSA) is 15.3 Å². The molecule has 17 heavy (non-hydrogen) atoms. The van der Waals surface area contributed by atoms with Crippen LogP contribution in [-0.4, -0.2) is 29.6 Å². The van der Waals surface area contributed by atoms with E-state index < -0.39 is 0 Å². The molecule has 1 aromatic rings. The zero-order valence-corrected chi connectivity index (χ0v) is 11.5. The molecule has 1 N–H and O–H groups in total. The molecule has 1 aliphatic rings. The first-order chi connectivity index (χ1) is 7.96. The first kappa shape index (κ1) is 12.6. The van der Waals surface area contributed by atoms with Crippen LogP contribution in [-0.2, 0) is 6.54 Å². The standard InChI is InChI=1S/C15H24N2/c1-12-6-5-7-14(8-12)10-17-11-15(3,4)16-9-13(17)2/h5-8,13,16H,9-11H2,1-4H3.